The summed E-state index contributed by atoms with van der Waals surface area (Å²) < 4.78 is 35.1. The first-order valence-electron chi connectivity index (χ1n) is 14.5. The van der Waals surface area contributed by atoms with Crippen LogP contribution >= 0.6 is 23.2 Å². The lowest BCUT2D eigenvalue weighted by molar-refractivity contribution is -0.140. The van der Waals surface area contributed by atoms with Crippen LogP contribution in [0.2, 0.25) is 10.0 Å². The van der Waals surface area contributed by atoms with E-state index in [2.05, 4.69) is 5.32 Å². The lowest BCUT2D eigenvalue weighted by atomic mass is 10.1. The van der Waals surface area contributed by atoms with E-state index in [1.54, 1.807) is 55.5 Å². The minimum Gasteiger partial charge on any atom is -0.492 e. The van der Waals surface area contributed by atoms with Gasteiger partial charge in [-0.25, -0.2) is 8.42 Å². The van der Waals surface area contributed by atoms with Crippen LogP contribution in [0.15, 0.2) is 77.7 Å². The third-order valence-electron chi connectivity index (χ3n) is 7.50. The van der Waals surface area contributed by atoms with Crippen molar-refractivity contribution in [2.45, 2.75) is 69.5 Å². The number of rotatable bonds is 13. The maximum absolute atomic E-state index is 14.3. The highest BCUT2D eigenvalue weighted by molar-refractivity contribution is 7.92. The average Bonchev–Trinajstić information content (AvgIpc) is 3.50. The van der Waals surface area contributed by atoms with Crippen molar-refractivity contribution >= 4 is 50.7 Å². The van der Waals surface area contributed by atoms with Crippen molar-refractivity contribution in [3.8, 4) is 5.75 Å². The van der Waals surface area contributed by atoms with Crippen molar-refractivity contribution in [1.29, 1.82) is 0 Å². The summed E-state index contributed by atoms with van der Waals surface area (Å²) in [6.07, 6.45) is 4.19. The fourth-order valence-corrected chi connectivity index (χ4v) is 7.03. The van der Waals surface area contributed by atoms with Gasteiger partial charge in [0.05, 0.1) is 17.2 Å². The molecule has 0 heterocycles. The zero-order chi connectivity index (χ0) is 31.0. The van der Waals surface area contributed by atoms with E-state index in [1.807, 2.05) is 6.92 Å². The van der Waals surface area contributed by atoms with Crippen molar-refractivity contribution in [2.24, 2.45) is 0 Å². The van der Waals surface area contributed by atoms with Crippen LogP contribution in [0.1, 0.15) is 51.5 Å². The summed E-state index contributed by atoms with van der Waals surface area (Å²) in [6.45, 7) is 3.36. The molecule has 0 radical (unpaired) electrons. The number of benzene rings is 3. The molecule has 1 aliphatic carbocycles. The van der Waals surface area contributed by atoms with Crippen LogP contribution in [0.4, 0.5) is 5.69 Å². The summed E-state index contributed by atoms with van der Waals surface area (Å²) >= 11 is 12.5. The third-order valence-corrected chi connectivity index (χ3v) is 9.89. The molecule has 230 valence electrons. The van der Waals surface area contributed by atoms with E-state index in [0.717, 1.165) is 30.0 Å². The topological polar surface area (TPSA) is 96.0 Å². The van der Waals surface area contributed by atoms with E-state index < -0.39 is 28.5 Å². The molecule has 0 aromatic heterocycles. The number of sulfonamides is 1. The lowest BCUT2D eigenvalue weighted by Gasteiger charge is -2.34. The second-order valence-electron chi connectivity index (χ2n) is 10.4. The molecule has 1 atom stereocenters. The number of nitrogens with zero attached hydrogens (tertiary/aromatic N) is 2. The molecular weight excluding hydrogens is 609 g/mol. The molecule has 0 aliphatic heterocycles. The predicted octanol–water partition coefficient (Wildman–Crippen LogP) is 6.45. The zero-order valence-electron chi connectivity index (χ0n) is 24.3. The number of hydrogen-bond donors (Lipinski definition) is 1. The Labute approximate surface area is 264 Å². The quantitative estimate of drug-likeness (QED) is 0.230. The fourth-order valence-electron chi connectivity index (χ4n) is 5.29. The largest absolute Gasteiger partial charge is 0.492 e. The Kier molecular flexibility index (Phi) is 11.3. The molecule has 43 heavy (non-hydrogen) atoms. The number of carbonyl (C=O) groups excluding carboxylic acids is 2. The molecule has 1 saturated carbocycles. The van der Waals surface area contributed by atoms with Gasteiger partial charge in [-0.1, -0.05) is 73.3 Å². The van der Waals surface area contributed by atoms with Crippen molar-refractivity contribution in [1.82, 2.24) is 10.2 Å². The molecule has 8 nitrogen and oxygen atoms in total. The van der Waals surface area contributed by atoms with E-state index >= 15 is 0 Å². The van der Waals surface area contributed by atoms with Crippen LogP contribution < -0.4 is 14.4 Å². The highest BCUT2D eigenvalue weighted by atomic mass is 35.5. The molecule has 0 saturated heterocycles. The van der Waals surface area contributed by atoms with Crippen LogP contribution in [-0.4, -0.2) is 50.4 Å². The lowest BCUT2D eigenvalue weighted by Crippen LogP contribution is -2.53. The van der Waals surface area contributed by atoms with Crippen LogP contribution in [0.5, 0.6) is 5.75 Å². The van der Waals surface area contributed by atoms with Gasteiger partial charge in [-0.15, -0.1) is 0 Å². The number of para-hydroxylation sites is 2. The number of amides is 2. The predicted molar refractivity (Wildman–Crippen MR) is 170 cm³/mol. The first-order valence-corrected chi connectivity index (χ1v) is 16.7. The molecule has 3 aromatic rings. The molecular formula is C32H37Cl2N3O5S. The first-order chi connectivity index (χ1) is 20.6. The Morgan fingerprint density at radius 3 is 2.26 bits per heavy atom. The van der Waals surface area contributed by atoms with Gasteiger partial charge < -0.3 is 15.0 Å². The Hall–Kier alpha value is -3.27. The molecule has 2 amide bonds. The summed E-state index contributed by atoms with van der Waals surface area (Å²) in [4.78, 5) is 29.3. The van der Waals surface area contributed by atoms with Crippen LogP contribution in [-0.2, 0) is 26.2 Å². The van der Waals surface area contributed by atoms with Gasteiger partial charge in [-0.05, 0) is 74.2 Å². The Balaban J connectivity index is 1.76. The minimum atomic E-state index is -4.27. The second-order valence-corrected chi connectivity index (χ2v) is 13.1. The van der Waals surface area contributed by atoms with E-state index in [4.69, 9.17) is 27.9 Å². The Morgan fingerprint density at radius 2 is 1.60 bits per heavy atom. The van der Waals surface area contributed by atoms with Gasteiger partial charge in [0.25, 0.3) is 10.0 Å². The van der Waals surface area contributed by atoms with E-state index in [-0.39, 0.29) is 35.7 Å². The number of ether oxygens (including phenoxy) is 1. The van der Waals surface area contributed by atoms with Crippen molar-refractivity contribution < 1.29 is 22.7 Å². The number of carbonyl (C=O) groups is 2. The number of halogens is 2. The van der Waals surface area contributed by atoms with Gasteiger partial charge in [-0.2, -0.15) is 0 Å². The highest BCUT2D eigenvalue weighted by Gasteiger charge is 2.35. The maximum atomic E-state index is 14.3. The summed E-state index contributed by atoms with van der Waals surface area (Å²) in [5, 5.41) is 3.93. The molecule has 11 heteroatoms. The smallest absolute Gasteiger partial charge is 0.264 e. The third kappa shape index (κ3) is 8.02. The molecule has 4 rings (SSSR count). The molecule has 1 fully saturated rings. The van der Waals surface area contributed by atoms with Gasteiger partial charge in [0.1, 0.15) is 18.3 Å². The van der Waals surface area contributed by atoms with Crippen LogP contribution in [0, 0.1) is 0 Å². The number of nitrogens with one attached hydrogen (secondary N) is 1. The zero-order valence-corrected chi connectivity index (χ0v) is 26.7. The Bertz CT molecular complexity index is 1510. The van der Waals surface area contributed by atoms with Gasteiger partial charge in [0.2, 0.25) is 11.8 Å². The normalized spacial score (nSPS) is 14.2. The van der Waals surface area contributed by atoms with Crippen molar-refractivity contribution in [2.75, 3.05) is 17.5 Å². The average molecular weight is 647 g/mol. The fraction of sp³-hybridized carbons (Fsp3) is 0.375. The van der Waals surface area contributed by atoms with Crippen molar-refractivity contribution in [3.63, 3.8) is 0 Å². The Morgan fingerprint density at radius 1 is 0.953 bits per heavy atom. The van der Waals surface area contributed by atoms with Gasteiger partial charge in [0, 0.05) is 22.6 Å². The number of anilines is 1. The maximum Gasteiger partial charge on any atom is 0.264 e. The minimum absolute atomic E-state index is 0.0248. The van der Waals surface area contributed by atoms with E-state index in [0.29, 0.717) is 27.8 Å². The SMILES string of the molecule is CCOc1ccccc1N(CC(=O)N(Cc1ccccc1Cl)[C@@H](CC)C(=O)NC1CCCC1)S(=O)(=O)c1ccc(Cl)cc1. The van der Waals surface area contributed by atoms with Crippen molar-refractivity contribution in [3.05, 3.63) is 88.4 Å². The first kappa shape index (κ1) is 32.6. The van der Waals surface area contributed by atoms with E-state index in [9.17, 15) is 18.0 Å². The summed E-state index contributed by atoms with van der Waals surface area (Å²) in [5.74, 6) is -0.521. The van der Waals surface area contributed by atoms with Crippen LogP contribution in [0.3, 0.4) is 0 Å². The standard InChI is InChI=1S/C32H37Cl2N3O5S/c1-3-28(32(39)35-25-12-6-7-13-25)36(21-23-11-5-8-14-27(23)34)31(38)22-37(29-15-9-10-16-30(29)42-4-2)43(40,41)26-19-17-24(33)18-20-26/h5,8-11,14-20,25,28H,3-4,6-7,12-13,21-22H2,1-2H3,(H,35,39)/t28-/m0/s1. The molecule has 0 bridgehead atoms. The monoisotopic (exact) mass is 645 g/mol. The summed E-state index contributed by atoms with van der Waals surface area (Å²) in [5.41, 5.74) is 0.847. The van der Waals surface area contributed by atoms with E-state index in [1.165, 1.54) is 29.2 Å². The summed E-state index contributed by atoms with van der Waals surface area (Å²) in [6, 6.07) is 18.7. The molecule has 0 spiro atoms. The van der Waals surface area contributed by atoms with Gasteiger partial charge in [-0.3, -0.25) is 13.9 Å². The molecule has 3 aromatic carbocycles. The van der Waals surface area contributed by atoms with Gasteiger partial charge in [0.15, 0.2) is 0 Å². The molecule has 1 aliphatic rings. The van der Waals surface area contributed by atoms with Gasteiger partial charge >= 0.3 is 0 Å². The number of hydrogen-bond acceptors (Lipinski definition) is 5. The molecule has 0 unspecified atom stereocenters. The molecule has 1 N–H and O–H groups in total. The van der Waals surface area contributed by atoms with Crippen LogP contribution in [0.25, 0.3) is 0 Å². The summed E-state index contributed by atoms with van der Waals surface area (Å²) in [7, 11) is -4.27. The highest BCUT2D eigenvalue weighted by Crippen LogP contribution is 2.33. The second kappa shape index (κ2) is 14.9.